The van der Waals surface area contributed by atoms with E-state index in [1.807, 2.05) is 6.20 Å². The number of nitrogens with zero attached hydrogens (tertiary/aromatic N) is 1. The minimum Gasteiger partial charge on any atom is -0.312 e. The van der Waals surface area contributed by atoms with Crippen LogP contribution in [-0.4, -0.2) is 18.2 Å². The average Bonchev–Trinajstić information content (AvgIpc) is 2.60. The summed E-state index contributed by atoms with van der Waals surface area (Å²) in [4.78, 5) is 5.47. The van der Waals surface area contributed by atoms with Crippen LogP contribution in [0.1, 0.15) is 23.2 Å². The van der Waals surface area contributed by atoms with Gasteiger partial charge in [0.05, 0.1) is 11.7 Å². The summed E-state index contributed by atoms with van der Waals surface area (Å²) in [6.45, 7) is 3.42. The zero-order chi connectivity index (χ0) is 9.52. The van der Waals surface area contributed by atoms with Crippen LogP contribution in [0, 0.1) is 0 Å². The molecule has 0 radical (unpaired) electrons. The van der Waals surface area contributed by atoms with Crippen molar-refractivity contribution >= 4 is 11.3 Å². The fourth-order valence-corrected chi connectivity index (χ4v) is 1.83. The van der Waals surface area contributed by atoms with Gasteiger partial charge in [-0.3, -0.25) is 4.39 Å². The van der Waals surface area contributed by atoms with Gasteiger partial charge in [-0.15, -0.1) is 11.3 Å². The lowest BCUT2D eigenvalue weighted by Gasteiger charge is -1.98. The fourth-order valence-electron chi connectivity index (χ4n) is 0.997. The Balaban J connectivity index is 2.20. The van der Waals surface area contributed by atoms with Crippen molar-refractivity contribution in [1.82, 2.24) is 10.3 Å². The highest BCUT2D eigenvalue weighted by atomic mass is 32.1. The van der Waals surface area contributed by atoms with Crippen molar-refractivity contribution in [2.24, 2.45) is 0 Å². The van der Waals surface area contributed by atoms with E-state index in [1.54, 1.807) is 11.3 Å². The molecule has 0 saturated carbocycles. The molecule has 74 valence electrons. The third-order valence-electron chi connectivity index (χ3n) is 1.69. The molecule has 1 N–H and O–H groups in total. The van der Waals surface area contributed by atoms with Crippen molar-refractivity contribution in [2.75, 3.05) is 13.2 Å². The van der Waals surface area contributed by atoms with Gasteiger partial charge in [-0.2, -0.15) is 0 Å². The number of alkyl halides is 1. The Labute approximate surface area is 82.2 Å². The molecule has 0 unspecified atom stereocenters. The Bertz CT molecular complexity index is 237. The molecule has 0 aromatic carbocycles. The molecular weight excluding hydrogens is 187 g/mol. The molecule has 13 heavy (non-hydrogen) atoms. The fraction of sp³-hybridized carbons (Fsp3) is 0.667. The first-order valence-corrected chi connectivity index (χ1v) is 5.38. The van der Waals surface area contributed by atoms with Crippen LogP contribution in [0.5, 0.6) is 0 Å². The quantitative estimate of drug-likeness (QED) is 0.715. The Morgan fingerprint density at radius 2 is 2.46 bits per heavy atom. The Hall–Kier alpha value is -0.480. The van der Waals surface area contributed by atoms with Crippen LogP contribution < -0.4 is 5.32 Å². The van der Waals surface area contributed by atoms with Crippen LogP contribution in [0.2, 0.25) is 0 Å². The van der Waals surface area contributed by atoms with Gasteiger partial charge in [0.1, 0.15) is 0 Å². The van der Waals surface area contributed by atoms with E-state index >= 15 is 0 Å². The van der Waals surface area contributed by atoms with Crippen LogP contribution >= 0.6 is 11.3 Å². The Morgan fingerprint density at radius 1 is 1.62 bits per heavy atom. The number of aryl methyl sites for hydroxylation is 1. The van der Waals surface area contributed by atoms with E-state index in [1.165, 1.54) is 9.88 Å². The van der Waals surface area contributed by atoms with Gasteiger partial charge in [-0.25, -0.2) is 4.98 Å². The highest BCUT2D eigenvalue weighted by Gasteiger charge is 1.98. The largest absolute Gasteiger partial charge is 0.312 e. The predicted molar refractivity (Wildman–Crippen MR) is 53.8 cm³/mol. The second-order valence-corrected chi connectivity index (χ2v) is 3.99. The summed E-state index contributed by atoms with van der Waals surface area (Å²) in [6, 6.07) is 0. The van der Waals surface area contributed by atoms with Gasteiger partial charge in [-0.05, 0) is 19.4 Å². The van der Waals surface area contributed by atoms with Gasteiger partial charge < -0.3 is 5.32 Å². The molecule has 0 atom stereocenters. The molecule has 0 saturated heterocycles. The summed E-state index contributed by atoms with van der Waals surface area (Å²) in [5.41, 5.74) is 0. The van der Waals surface area contributed by atoms with Crippen molar-refractivity contribution in [3.63, 3.8) is 0 Å². The molecule has 0 bridgehead atoms. The van der Waals surface area contributed by atoms with Crippen LogP contribution in [0.4, 0.5) is 4.39 Å². The summed E-state index contributed by atoms with van der Waals surface area (Å²) in [7, 11) is 0. The molecule has 0 aliphatic carbocycles. The molecule has 1 aromatic rings. The van der Waals surface area contributed by atoms with Crippen LogP contribution in [0.3, 0.4) is 0 Å². The third-order valence-corrected chi connectivity index (χ3v) is 2.83. The van der Waals surface area contributed by atoms with Crippen molar-refractivity contribution < 1.29 is 4.39 Å². The summed E-state index contributed by atoms with van der Waals surface area (Å²) in [5, 5.41) is 4.34. The standard InChI is InChI=1S/C9H15FN2S/c1-2-9-12-7-8(13-9)6-11-5-3-4-10/h7,11H,2-6H2,1H3. The zero-order valence-corrected chi connectivity index (χ0v) is 8.66. The molecule has 0 fully saturated rings. The number of thiazole rings is 1. The lowest BCUT2D eigenvalue weighted by molar-refractivity contribution is 0.459. The summed E-state index contributed by atoms with van der Waals surface area (Å²) in [5.74, 6) is 0. The summed E-state index contributed by atoms with van der Waals surface area (Å²) >= 11 is 1.72. The maximum atomic E-state index is 11.7. The van der Waals surface area contributed by atoms with E-state index in [4.69, 9.17) is 0 Å². The lowest BCUT2D eigenvalue weighted by Crippen LogP contribution is -2.14. The topological polar surface area (TPSA) is 24.9 Å². The lowest BCUT2D eigenvalue weighted by atomic mass is 10.4. The van der Waals surface area contributed by atoms with Crippen molar-refractivity contribution in [1.29, 1.82) is 0 Å². The Kier molecular flexibility index (Phi) is 4.93. The van der Waals surface area contributed by atoms with E-state index in [0.29, 0.717) is 6.42 Å². The van der Waals surface area contributed by atoms with Crippen LogP contribution in [0.25, 0.3) is 0 Å². The highest BCUT2D eigenvalue weighted by Crippen LogP contribution is 2.12. The van der Waals surface area contributed by atoms with E-state index < -0.39 is 0 Å². The van der Waals surface area contributed by atoms with Gasteiger partial charge >= 0.3 is 0 Å². The van der Waals surface area contributed by atoms with Crippen LogP contribution in [-0.2, 0) is 13.0 Å². The number of aromatic nitrogens is 1. The van der Waals surface area contributed by atoms with Crippen molar-refractivity contribution in [3.8, 4) is 0 Å². The maximum Gasteiger partial charge on any atom is 0.0925 e. The first-order chi connectivity index (χ1) is 6.36. The summed E-state index contributed by atoms with van der Waals surface area (Å²) in [6.07, 6.45) is 3.49. The van der Waals surface area contributed by atoms with Gasteiger partial charge in [0, 0.05) is 17.6 Å². The highest BCUT2D eigenvalue weighted by molar-refractivity contribution is 7.11. The van der Waals surface area contributed by atoms with Gasteiger partial charge in [-0.1, -0.05) is 6.92 Å². The van der Waals surface area contributed by atoms with E-state index in [9.17, 15) is 4.39 Å². The molecule has 4 heteroatoms. The number of hydrogen-bond acceptors (Lipinski definition) is 3. The summed E-state index contributed by atoms with van der Waals surface area (Å²) < 4.78 is 11.7. The minimum atomic E-state index is -0.240. The van der Waals surface area contributed by atoms with Gasteiger partial charge in [0.15, 0.2) is 0 Å². The molecule has 1 rings (SSSR count). The first-order valence-electron chi connectivity index (χ1n) is 4.57. The number of rotatable bonds is 6. The molecular formula is C9H15FN2S. The average molecular weight is 202 g/mol. The molecule has 2 nitrogen and oxygen atoms in total. The molecule has 1 heterocycles. The van der Waals surface area contributed by atoms with E-state index in [2.05, 4.69) is 17.2 Å². The molecule has 0 spiro atoms. The van der Waals surface area contributed by atoms with E-state index in [-0.39, 0.29) is 6.67 Å². The maximum absolute atomic E-state index is 11.7. The number of hydrogen-bond donors (Lipinski definition) is 1. The number of halogens is 1. The van der Waals surface area contributed by atoms with E-state index in [0.717, 1.165) is 19.5 Å². The van der Waals surface area contributed by atoms with Gasteiger partial charge in [0.25, 0.3) is 0 Å². The number of nitrogens with one attached hydrogen (secondary N) is 1. The predicted octanol–water partition coefficient (Wildman–Crippen LogP) is 2.15. The van der Waals surface area contributed by atoms with Crippen LogP contribution in [0.15, 0.2) is 6.20 Å². The second kappa shape index (κ2) is 6.05. The second-order valence-electron chi connectivity index (χ2n) is 2.79. The smallest absolute Gasteiger partial charge is 0.0925 e. The molecule has 0 amide bonds. The SMILES string of the molecule is CCc1ncc(CNCCCF)s1. The molecule has 0 aliphatic rings. The molecule has 1 aromatic heterocycles. The first kappa shape index (κ1) is 10.6. The monoisotopic (exact) mass is 202 g/mol. The van der Waals surface area contributed by atoms with Gasteiger partial charge in [0.2, 0.25) is 0 Å². The minimum absolute atomic E-state index is 0.240. The zero-order valence-electron chi connectivity index (χ0n) is 7.85. The van der Waals surface area contributed by atoms with Crippen molar-refractivity contribution in [3.05, 3.63) is 16.1 Å². The van der Waals surface area contributed by atoms with Crippen molar-refractivity contribution in [2.45, 2.75) is 26.3 Å². The normalized spacial score (nSPS) is 10.6. The molecule has 0 aliphatic heterocycles. The Morgan fingerprint density at radius 3 is 3.08 bits per heavy atom. The third kappa shape index (κ3) is 3.83.